The van der Waals surface area contributed by atoms with Gasteiger partial charge < -0.3 is 14.9 Å². The molecule has 4 nitrogen and oxygen atoms in total. The van der Waals surface area contributed by atoms with Crippen LogP contribution >= 0.6 is 0 Å². The van der Waals surface area contributed by atoms with Crippen molar-refractivity contribution in [2.45, 2.75) is 39.2 Å². The number of rotatable bonds is 7. The number of ether oxygens (including phenoxy) is 1. The Bertz CT molecular complexity index is 179. The molecule has 0 bridgehead atoms. The van der Waals surface area contributed by atoms with Gasteiger partial charge in [0.25, 0.3) is 0 Å². The van der Waals surface area contributed by atoms with Gasteiger partial charge in [-0.05, 0) is 25.7 Å². The number of aliphatic hydroxyl groups excluding tert-OH is 1. The van der Waals surface area contributed by atoms with E-state index in [0.29, 0.717) is 12.3 Å². The summed E-state index contributed by atoms with van der Waals surface area (Å²) in [6.45, 7) is 5.54. The van der Waals surface area contributed by atoms with E-state index in [4.69, 9.17) is 14.9 Å². The van der Waals surface area contributed by atoms with Crippen LogP contribution < -0.4 is 0 Å². The summed E-state index contributed by atoms with van der Waals surface area (Å²) in [5, 5.41) is 17.5. The highest BCUT2D eigenvalue weighted by Crippen LogP contribution is 2.20. The minimum atomic E-state index is -1.16. The van der Waals surface area contributed by atoms with Gasteiger partial charge >= 0.3 is 5.97 Å². The van der Waals surface area contributed by atoms with Gasteiger partial charge in [-0.2, -0.15) is 0 Å². The minimum absolute atomic E-state index is 0.0703. The molecule has 0 aromatic carbocycles. The summed E-state index contributed by atoms with van der Waals surface area (Å²) in [4.78, 5) is 10.9. The van der Waals surface area contributed by atoms with Crippen molar-refractivity contribution in [3.63, 3.8) is 0 Å². The van der Waals surface area contributed by atoms with E-state index in [1.165, 1.54) is 0 Å². The number of carbonyl (C=O) groups is 1. The van der Waals surface area contributed by atoms with Gasteiger partial charge in [-0.1, -0.05) is 13.8 Å². The SMILES string of the molecule is CC(C)CCC(C)(OCCO)C(=O)O. The van der Waals surface area contributed by atoms with Crippen molar-refractivity contribution >= 4 is 5.97 Å². The number of hydrogen-bond donors (Lipinski definition) is 2. The fourth-order valence-corrected chi connectivity index (χ4v) is 1.08. The van der Waals surface area contributed by atoms with Crippen LogP contribution in [0.4, 0.5) is 0 Å². The molecule has 0 fully saturated rings. The highest BCUT2D eigenvalue weighted by molar-refractivity contribution is 5.76. The highest BCUT2D eigenvalue weighted by atomic mass is 16.5. The van der Waals surface area contributed by atoms with Gasteiger partial charge in [0.05, 0.1) is 13.2 Å². The van der Waals surface area contributed by atoms with Crippen molar-refractivity contribution in [2.75, 3.05) is 13.2 Å². The van der Waals surface area contributed by atoms with Crippen molar-refractivity contribution in [1.29, 1.82) is 0 Å². The summed E-state index contributed by atoms with van der Waals surface area (Å²) < 4.78 is 5.14. The van der Waals surface area contributed by atoms with Crippen LogP contribution in [-0.2, 0) is 9.53 Å². The zero-order valence-electron chi connectivity index (χ0n) is 9.12. The van der Waals surface area contributed by atoms with Crippen LogP contribution in [0.25, 0.3) is 0 Å². The lowest BCUT2D eigenvalue weighted by molar-refractivity contribution is -0.166. The van der Waals surface area contributed by atoms with E-state index >= 15 is 0 Å². The standard InChI is InChI=1S/C10H20O4/c1-8(2)4-5-10(3,9(12)13)14-7-6-11/h8,11H,4-7H2,1-3H3,(H,12,13). The first-order valence-electron chi connectivity index (χ1n) is 4.90. The maximum Gasteiger partial charge on any atom is 0.335 e. The Morgan fingerprint density at radius 3 is 2.43 bits per heavy atom. The van der Waals surface area contributed by atoms with E-state index in [1.54, 1.807) is 6.92 Å². The van der Waals surface area contributed by atoms with Crippen LogP contribution in [0.3, 0.4) is 0 Å². The topological polar surface area (TPSA) is 66.8 Å². The third-order valence-electron chi connectivity index (χ3n) is 2.16. The molecule has 0 rings (SSSR count). The third-order valence-corrected chi connectivity index (χ3v) is 2.16. The van der Waals surface area contributed by atoms with Gasteiger partial charge in [0, 0.05) is 0 Å². The zero-order valence-corrected chi connectivity index (χ0v) is 9.12. The summed E-state index contributed by atoms with van der Waals surface area (Å²) in [6, 6.07) is 0. The number of aliphatic hydroxyl groups is 1. The number of carboxylic acids is 1. The summed E-state index contributed by atoms with van der Waals surface area (Å²) in [7, 11) is 0. The first-order chi connectivity index (χ1) is 6.42. The monoisotopic (exact) mass is 204 g/mol. The highest BCUT2D eigenvalue weighted by Gasteiger charge is 2.33. The summed E-state index contributed by atoms with van der Waals surface area (Å²) in [6.07, 6.45) is 1.27. The largest absolute Gasteiger partial charge is 0.479 e. The van der Waals surface area contributed by atoms with Crippen LogP contribution in [0.2, 0.25) is 0 Å². The van der Waals surface area contributed by atoms with Crippen LogP contribution in [0.15, 0.2) is 0 Å². The molecule has 0 aliphatic rings. The molecule has 14 heavy (non-hydrogen) atoms. The lowest BCUT2D eigenvalue weighted by Crippen LogP contribution is -2.39. The molecule has 0 saturated heterocycles. The fraction of sp³-hybridized carbons (Fsp3) is 0.900. The van der Waals surface area contributed by atoms with Gasteiger partial charge in [0.2, 0.25) is 0 Å². The molecule has 0 heterocycles. The van der Waals surface area contributed by atoms with Gasteiger partial charge in [-0.25, -0.2) is 4.79 Å². The van der Waals surface area contributed by atoms with E-state index in [9.17, 15) is 4.79 Å². The molecule has 1 unspecified atom stereocenters. The number of hydrogen-bond acceptors (Lipinski definition) is 3. The Kier molecular flexibility index (Phi) is 5.72. The fourth-order valence-electron chi connectivity index (χ4n) is 1.08. The van der Waals surface area contributed by atoms with Crippen molar-refractivity contribution in [2.24, 2.45) is 5.92 Å². The molecule has 0 aliphatic heterocycles. The normalized spacial score (nSPS) is 15.5. The second kappa shape index (κ2) is 5.98. The van der Waals surface area contributed by atoms with E-state index in [1.807, 2.05) is 13.8 Å². The maximum absolute atomic E-state index is 10.9. The second-order valence-corrected chi connectivity index (χ2v) is 4.04. The van der Waals surface area contributed by atoms with Crippen molar-refractivity contribution in [3.8, 4) is 0 Å². The minimum Gasteiger partial charge on any atom is -0.479 e. The quantitative estimate of drug-likeness (QED) is 0.655. The number of carboxylic acid groups (broad SMARTS) is 1. The van der Waals surface area contributed by atoms with E-state index in [0.717, 1.165) is 6.42 Å². The Morgan fingerprint density at radius 2 is 2.07 bits per heavy atom. The lowest BCUT2D eigenvalue weighted by Gasteiger charge is -2.25. The molecule has 0 aromatic rings. The molecule has 2 N–H and O–H groups in total. The van der Waals surface area contributed by atoms with Gasteiger partial charge in [-0.3, -0.25) is 0 Å². The van der Waals surface area contributed by atoms with E-state index < -0.39 is 11.6 Å². The van der Waals surface area contributed by atoms with Crippen molar-refractivity contribution in [1.82, 2.24) is 0 Å². The molecule has 0 aromatic heterocycles. The molecular formula is C10H20O4. The predicted molar refractivity (Wildman–Crippen MR) is 53.2 cm³/mol. The summed E-state index contributed by atoms with van der Waals surface area (Å²) in [5.74, 6) is -0.516. The van der Waals surface area contributed by atoms with Crippen molar-refractivity contribution in [3.05, 3.63) is 0 Å². The number of aliphatic carboxylic acids is 1. The summed E-state index contributed by atoms with van der Waals surface area (Å²) >= 11 is 0. The Hall–Kier alpha value is -0.610. The van der Waals surface area contributed by atoms with Crippen LogP contribution in [0, 0.1) is 5.92 Å². The molecule has 1 atom stereocenters. The molecule has 0 radical (unpaired) electrons. The molecule has 4 heteroatoms. The molecule has 0 aliphatic carbocycles. The molecule has 0 spiro atoms. The van der Waals surface area contributed by atoms with Gasteiger partial charge in [0.1, 0.15) is 0 Å². The van der Waals surface area contributed by atoms with Crippen LogP contribution in [0.5, 0.6) is 0 Å². The van der Waals surface area contributed by atoms with E-state index in [-0.39, 0.29) is 13.2 Å². The predicted octanol–water partition coefficient (Wildman–Crippen LogP) is 1.27. The average Bonchev–Trinajstić information content (AvgIpc) is 2.11. The van der Waals surface area contributed by atoms with Crippen LogP contribution in [-0.4, -0.2) is 35.0 Å². The second-order valence-electron chi connectivity index (χ2n) is 4.04. The maximum atomic E-state index is 10.9. The molecular weight excluding hydrogens is 184 g/mol. The van der Waals surface area contributed by atoms with Gasteiger partial charge in [0.15, 0.2) is 5.60 Å². The average molecular weight is 204 g/mol. The Morgan fingerprint density at radius 1 is 1.50 bits per heavy atom. The van der Waals surface area contributed by atoms with Crippen molar-refractivity contribution < 1.29 is 19.7 Å². The van der Waals surface area contributed by atoms with Gasteiger partial charge in [-0.15, -0.1) is 0 Å². The third kappa shape index (κ3) is 4.58. The molecule has 0 saturated carbocycles. The Labute approximate surface area is 84.9 Å². The van der Waals surface area contributed by atoms with E-state index in [2.05, 4.69) is 0 Å². The van der Waals surface area contributed by atoms with Crippen LogP contribution in [0.1, 0.15) is 33.6 Å². The first kappa shape index (κ1) is 13.4. The summed E-state index contributed by atoms with van der Waals surface area (Å²) in [5.41, 5.74) is -1.16. The molecule has 84 valence electrons. The smallest absolute Gasteiger partial charge is 0.335 e. The Balaban J connectivity index is 4.17. The first-order valence-corrected chi connectivity index (χ1v) is 4.90. The lowest BCUT2D eigenvalue weighted by atomic mass is 9.95. The molecule has 0 amide bonds. The zero-order chi connectivity index (χ0) is 11.2.